The summed E-state index contributed by atoms with van der Waals surface area (Å²) < 4.78 is 10.8. The highest BCUT2D eigenvalue weighted by Gasteiger charge is 2.27. The molecule has 94 valence electrons. The molecule has 0 aliphatic carbocycles. The molecule has 1 fully saturated rings. The second-order valence-electron chi connectivity index (χ2n) is 4.01. The van der Waals surface area contributed by atoms with E-state index in [0.29, 0.717) is 18.4 Å². The molecule has 17 heavy (non-hydrogen) atoms. The van der Waals surface area contributed by atoms with Crippen LogP contribution in [0.2, 0.25) is 0 Å². The molecule has 2 heterocycles. The predicted molar refractivity (Wildman–Crippen MR) is 68.9 cm³/mol. The summed E-state index contributed by atoms with van der Waals surface area (Å²) in [7, 11) is 1.61. The van der Waals surface area contributed by atoms with Crippen LogP contribution in [-0.2, 0) is 4.74 Å². The van der Waals surface area contributed by atoms with E-state index in [4.69, 9.17) is 9.47 Å². The molecule has 2 atom stereocenters. The van der Waals surface area contributed by atoms with Gasteiger partial charge in [0, 0.05) is 24.1 Å². The standard InChI is InChI=1S/C11H16BrN3O2/c1-8-7-17-9(5-12)6-15(8)11-13-4-3-10(14-11)16-2/h3-4,8-9H,5-7H2,1-2H3. The Kier molecular flexibility index (Phi) is 4.17. The summed E-state index contributed by atoms with van der Waals surface area (Å²) in [6, 6.07) is 2.02. The Hall–Kier alpha value is -0.880. The van der Waals surface area contributed by atoms with E-state index in [9.17, 15) is 0 Å². The van der Waals surface area contributed by atoms with Gasteiger partial charge in [0.15, 0.2) is 0 Å². The monoisotopic (exact) mass is 301 g/mol. The minimum atomic E-state index is 0.181. The molecule has 2 unspecified atom stereocenters. The number of anilines is 1. The Morgan fingerprint density at radius 3 is 3.18 bits per heavy atom. The van der Waals surface area contributed by atoms with Crippen molar-refractivity contribution >= 4 is 21.9 Å². The molecule has 6 heteroatoms. The lowest BCUT2D eigenvalue weighted by molar-refractivity contribution is 0.0372. The number of methoxy groups -OCH3 is 1. The zero-order valence-electron chi connectivity index (χ0n) is 9.97. The largest absolute Gasteiger partial charge is 0.481 e. The molecular formula is C11H16BrN3O2. The van der Waals surface area contributed by atoms with Crippen LogP contribution in [0.15, 0.2) is 12.3 Å². The second-order valence-corrected chi connectivity index (χ2v) is 4.66. The molecular weight excluding hydrogens is 286 g/mol. The van der Waals surface area contributed by atoms with Crippen LogP contribution in [0.3, 0.4) is 0 Å². The topological polar surface area (TPSA) is 47.5 Å². The Bertz CT molecular complexity index is 377. The molecule has 2 rings (SSSR count). The molecule has 0 amide bonds. The Labute approximate surface area is 109 Å². The lowest BCUT2D eigenvalue weighted by Crippen LogP contribution is -2.49. The third kappa shape index (κ3) is 2.87. The van der Waals surface area contributed by atoms with Crippen LogP contribution in [0.1, 0.15) is 6.92 Å². The molecule has 0 saturated carbocycles. The van der Waals surface area contributed by atoms with Crippen molar-refractivity contribution in [3.8, 4) is 5.88 Å². The molecule has 1 aliphatic heterocycles. The molecule has 0 spiro atoms. The Morgan fingerprint density at radius 2 is 2.47 bits per heavy atom. The van der Waals surface area contributed by atoms with Crippen molar-refractivity contribution in [1.29, 1.82) is 0 Å². The van der Waals surface area contributed by atoms with Crippen LogP contribution in [0.4, 0.5) is 5.95 Å². The van der Waals surface area contributed by atoms with Gasteiger partial charge in [-0.3, -0.25) is 0 Å². The van der Waals surface area contributed by atoms with Crippen molar-refractivity contribution in [2.45, 2.75) is 19.1 Å². The van der Waals surface area contributed by atoms with Gasteiger partial charge in [-0.05, 0) is 6.92 Å². The van der Waals surface area contributed by atoms with Gasteiger partial charge in [0.25, 0.3) is 0 Å². The van der Waals surface area contributed by atoms with Gasteiger partial charge < -0.3 is 14.4 Å². The van der Waals surface area contributed by atoms with Crippen molar-refractivity contribution in [3.63, 3.8) is 0 Å². The number of rotatable bonds is 3. The molecule has 5 nitrogen and oxygen atoms in total. The SMILES string of the molecule is COc1ccnc(N2CC(CBr)OCC2C)n1. The van der Waals surface area contributed by atoms with Gasteiger partial charge >= 0.3 is 0 Å². The maximum Gasteiger partial charge on any atom is 0.229 e. The van der Waals surface area contributed by atoms with Crippen LogP contribution in [0, 0.1) is 0 Å². The van der Waals surface area contributed by atoms with Crippen molar-refractivity contribution in [3.05, 3.63) is 12.3 Å². The number of nitrogens with zero attached hydrogens (tertiary/aromatic N) is 3. The van der Waals surface area contributed by atoms with Gasteiger partial charge in [-0.15, -0.1) is 0 Å². The Morgan fingerprint density at radius 1 is 1.65 bits per heavy atom. The summed E-state index contributed by atoms with van der Waals surface area (Å²) in [6.07, 6.45) is 1.90. The molecule has 1 aromatic heterocycles. The van der Waals surface area contributed by atoms with Crippen LogP contribution in [-0.4, -0.2) is 47.7 Å². The van der Waals surface area contributed by atoms with Crippen molar-refractivity contribution in [2.24, 2.45) is 0 Å². The highest BCUT2D eigenvalue weighted by Crippen LogP contribution is 2.20. The van der Waals surface area contributed by atoms with Gasteiger partial charge in [0.2, 0.25) is 11.8 Å². The summed E-state index contributed by atoms with van der Waals surface area (Å²) in [5, 5.41) is 0.820. The van der Waals surface area contributed by atoms with Gasteiger partial charge in [-0.25, -0.2) is 4.98 Å². The maximum atomic E-state index is 5.67. The average molecular weight is 302 g/mol. The highest BCUT2D eigenvalue weighted by molar-refractivity contribution is 9.09. The third-order valence-electron chi connectivity index (χ3n) is 2.76. The van der Waals surface area contributed by atoms with Crippen LogP contribution < -0.4 is 9.64 Å². The molecule has 0 aromatic carbocycles. The van der Waals surface area contributed by atoms with E-state index in [-0.39, 0.29) is 12.1 Å². The van der Waals surface area contributed by atoms with Gasteiger partial charge in [-0.2, -0.15) is 4.98 Å². The van der Waals surface area contributed by atoms with Gasteiger partial charge in [-0.1, -0.05) is 15.9 Å². The second kappa shape index (κ2) is 5.64. The number of morpholine rings is 1. The fraction of sp³-hybridized carbons (Fsp3) is 0.636. The van der Waals surface area contributed by atoms with E-state index in [2.05, 4.69) is 37.7 Å². The first-order chi connectivity index (χ1) is 8.24. The third-order valence-corrected chi connectivity index (χ3v) is 3.48. The zero-order valence-corrected chi connectivity index (χ0v) is 11.6. The number of aromatic nitrogens is 2. The molecule has 1 aliphatic rings. The fourth-order valence-corrected chi connectivity index (χ4v) is 2.17. The van der Waals surface area contributed by atoms with E-state index < -0.39 is 0 Å². The minimum absolute atomic E-state index is 0.181. The lowest BCUT2D eigenvalue weighted by atomic mass is 10.2. The normalized spacial score (nSPS) is 24.8. The first kappa shape index (κ1) is 12.6. The van der Waals surface area contributed by atoms with E-state index >= 15 is 0 Å². The summed E-state index contributed by atoms with van der Waals surface area (Å²) in [4.78, 5) is 10.8. The van der Waals surface area contributed by atoms with E-state index in [1.54, 1.807) is 19.4 Å². The first-order valence-corrected chi connectivity index (χ1v) is 6.68. The lowest BCUT2D eigenvalue weighted by Gasteiger charge is -2.37. The van der Waals surface area contributed by atoms with E-state index in [1.165, 1.54) is 0 Å². The van der Waals surface area contributed by atoms with Crippen LogP contribution in [0.5, 0.6) is 5.88 Å². The smallest absolute Gasteiger partial charge is 0.229 e. The summed E-state index contributed by atoms with van der Waals surface area (Å²) in [5.41, 5.74) is 0. The van der Waals surface area contributed by atoms with E-state index in [0.717, 1.165) is 11.9 Å². The Balaban J connectivity index is 2.18. The molecule has 0 N–H and O–H groups in total. The number of alkyl halides is 1. The van der Waals surface area contributed by atoms with Gasteiger partial charge in [0.1, 0.15) is 0 Å². The predicted octanol–water partition coefficient (Wildman–Crippen LogP) is 1.47. The fourth-order valence-electron chi connectivity index (χ4n) is 1.77. The van der Waals surface area contributed by atoms with Crippen molar-refractivity contribution < 1.29 is 9.47 Å². The highest BCUT2D eigenvalue weighted by atomic mass is 79.9. The minimum Gasteiger partial charge on any atom is -0.481 e. The molecule has 1 aromatic rings. The zero-order chi connectivity index (χ0) is 12.3. The number of hydrogen-bond donors (Lipinski definition) is 0. The van der Waals surface area contributed by atoms with Gasteiger partial charge in [0.05, 0.1) is 25.9 Å². The average Bonchev–Trinajstić information content (AvgIpc) is 2.39. The van der Waals surface area contributed by atoms with E-state index in [1.807, 2.05) is 0 Å². The maximum absolute atomic E-state index is 5.67. The molecule has 0 radical (unpaired) electrons. The number of ether oxygens (including phenoxy) is 2. The van der Waals surface area contributed by atoms with Crippen LogP contribution >= 0.6 is 15.9 Å². The van der Waals surface area contributed by atoms with Crippen molar-refractivity contribution in [2.75, 3.05) is 30.5 Å². The number of hydrogen-bond acceptors (Lipinski definition) is 5. The molecule has 1 saturated heterocycles. The summed E-state index contributed by atoms with van der Waals surface area (Å²) in [5.74, 6) is 1.29. The summed E-state index contributed by atoms with van der Waals surface area (Å²) >= 11 is 3.44. The summed E-state index contributed by atoms with van der Waals surface area (Å²) in [6.45, 7) is 3.59. The molecule has 0 bridgehead atoms. The first-order valence-electron chi connectivity index (χ1n) is 5.56. The quantitative estimate of drug-likeness (QED) is 0.791. The van der Waals surface area contributed by atoms with Crippen molar-refractivity contribution in [1.82, 2.24) is 9.97 Å². The van der Waals surface area contributed by atoms with Crippen LogP contribution in [0.25, 0.3) is 0 Å². The number of halogens is 1.